The number of ether oxygens (including phenoxy) is 1. The van der Waals surface area contributed by atoms with E-state index in [0.717, 1.165) is 84.5 Å². The largest absolute Gasteiger partial charge is 0.493 e. The molecule has 6 heteroatoms. The van der Waals surface area contributed by atoms with Crippen LogP contribution < -0.4 is 10.1 Å². The standard InChI is InChI=1S/C27H31N3O2.C2H7N/c1-19-26(31-18-23-6-7-23)11-9-24-25(29-32-27(19)24)10-8-20-12-14-30(15-13-20)17-22-4-2-21(16-28)3-5-22;1-3-2/h2-5,9,11,20,23H,6-8,10,12-15,17-18H2,1H3;3H,1-2H3. The molecule has 2 heterocycles. The zero-order chi connectivity index (χ0) is 24.6. The third kappa shape index (κ3) is 6.84. The van der Waals surface area contributed by atoms with Crippen LogP contribution in [0.4, 0.5) is 0 Å². The van der Waals surface area contributed by atoms with E-state index < -0.39 is 0 Å². The number of nitrogens with one attached hydrogen (secondary N) is 1. The van der Waals surface area contributed by atoms with E-state index in [1.807, 2.05) is 26.2 Å². The number of likely N-dealkylation sites (tertiary alicyclic amines) is 1. The molecule has 1 aliphatic heterocycles. The summed E-state index contributed by atoms with van der Waals surface area (Å²) < 4.78 is 11.7. The lowest BCUT2D eigenvalue weighted by molar-refractivity contribution is 0.172. The lowest BCUT2D eigenvalue weighted by Crippen LogP contribution is -2.33. The van der Waals surface area contributed by atoms with E-state index >= 15 is 0 Å². The Balaban J connectivity index is 0.000000917. The van der Waals surface area contributed by atoms with Crippen LogP contribution >= 0.6 is 0 Å². The van der Waals surface area contributed by atoms with Crippen molar-refractivity contribution in [2.45, 2.75) is 52.0 Å². The van der Waals surface area contributed by atoms with Crippen molar-refractivity contribution in [1.29, 1.82) is 5.26 Å². The van der Waals surface area contributed by atoms with Crippen molar-refractivity contribution in [3.63, 3.8) is 0 Å². The number of rotatable bonds is 8. The smallest absolute Gasteiger partial charge is 0.173 e. The molecule has 2 aromatic carbocycles. The zero-order valence-corrected chi connectivity index (χ0v) is 21.3. The van der Waals surface area contributed by atoms with Gasteiger partial charge in [0.1, 0.15) is 5.75 Å². The summed E-state index contributed by atoms with van der Waals surface area (Å²) in [5, 5.41) is 17.2. The van der Waals surface area contributed by atoms with Crippen molar-refractivity contribution in [2.24, 2.45) is 11.8 Å². The Morgan fingerprint density at radius 1 is 1.06 bits per heavy atom. The minimum atomic E-state index is 0.727. The van der Waals surface area contributed by atoms with Crippen LogP contribution in [0.1, 0.15) is 54.5 Å². The van der Waals surface area contributed by atoms with Gasteiger partial charge in [-0.25, -0.2) is 0 Å². The van der Waals surface area contributed by atoms with Gasteiger partial charge in [0.15, 0.2) is 5.58 Å². The summed E-state index contributed by atoms with van der Waals surface area (Å²) in [5.41, 5.74) is 5.04. The number of nitriles is 1. The Labute approximate surface area is 209 Å². The lowest BCUT2D eigenvalue weighted by Gasteiger charge is -2.32. The van der Waals surface area contributed by atoms with Gasteiger partial charge in [-0.05, 0) is 114 Å². The van der Waals surface area contributed by atoms with Gasteiger partial charge >= 0.3 is 0 Å². The quantitative estimate of drug-likeness (QED) is 0.466. The first-order chi connectivity index (χ1) is 17.1. The van der Waals surface area contributed by atoms with Gasteiger partial charge in [0.2, 0.25) is 0 Å². The third-order valence-electron chi connectivity index (χ3n) is 7.07. The van der Waals surface area contributed by atoms with Crippen molar-refractivity contribution in [2.75, 3.05) is 33.8 Å². The number of fused-ring (bicyclic) bond motifs is 1. The molecule has 0 amide bonds. The number of hydrogen-bond donors (Lipinski definition) is 1. The molecule has 1 saturated carbocycles. The Morgan fingerprint density at radius 3 is 2.43 bits per heavy atom. The van der Waals surface area contributed by atoms with Crippen LogP contribution in [-0.4, -0.2) is 43.8 Å². The first-order valence-corrected chi connectivity index (χ1v) is 12.9. The maximum absolute atomic E-state index is 8.95. The average molecular weight is 475 g/mol. The predicted molar refractivity (Wildman–Crippen MR) is 139 cm³/mol. The maximum Gasteiger partial charge on any atom is 0.173 e. The normalized spacial score (nSPS) is 16.5. The van der Waals surface area contributed by atoms with E-state index in [4.69, 9.17) is 14.5 Å². The van der Waals surface area contributed by atoms with Crippen molar-refractivity contribution in [3.8, 4) is 11.8 Å². The summed E-state index contributed by atoms with van der Waals surface area (Å²) in [7, 11) is 3.75. The second-order valence-corrected chi connectivity index (χ2v) is 10.0. The second kappa shape index (κ2) is 12.2. The van der Waals surface area contributed by atoms with Gasteiger partial charge in [0.05, 0.1) is 23.9 Å². The SMILES string of the molecule is CNC.Cc1c(OCC2CC2)ccc2c(CCC3CCN(Cc4ccc(C#N)cc4)CC3)noc12. The van der Waals surface area contributed by atoms with Crippen LogP contribution in [0.25, 0.3) is 11.0 Å². The van der Waals surface area contributed by atoms with Crippen LogP contribution in [-0.2, 0) is 13.0 Å². The zero-order valence-electron chi connectivity index (χ0n) is 21.3. The molecule has 5 rings (SSSR count). The molecule has 3 aromatic rings. The highest BCUT2D eigenvalue weighted by Crippen LogP contribution is 2.34. The summed E-state index contributed by atoms with van der Waals surface area (Å²) in [5.74, 6) is 2.41. The summed E-state index contributed by atoms with van der Waals surface area (Å²) in [6.07, 6.45) is 7.17. The van der Waals surface area contributed by atoms with E-state index in [1.54, 1.807) is 0 Å². The van der Waals surface area contributed by atoms with Crippen LogP contribution in [0, 0.1) is 30.1 Å². The monoisotopic (exact) mass is 474 g/mol. The average Bonchev–Trinajstić information content (AvgIpc) is 3.62. The summed E-state index contributed by atoms with van der Waals surface area (Å²) in [6.45, 7) is 6.12. The van der Waals surface area contributed by atoms with Crippen molar-refractivity contribution in [3.05, 3.63) is 58.8 Å². The molecule has 0 atom stereocenters. The molecule has 0 spiro atoms. The first-order valence-electron chi connectivity index (χ1n) is 12.9. The highest BCUT2D eigenvalue weighted by atomic mass is 16.5. The van der Waals surface area contributed by atoms with Gasteiger partial charge in [-0.3, -0.25) is 4.90 Å². The molecule has 0 bridgehead atoms. The Bertz CT molecular complexity index is 1120. The minimum absolute atomic E-state index is 0.727. The van der Waals surface area contributed by atoms with E-state index in [2.05, 4.69) is 52.6 Å². The molecule has 6 nitrogen and oxygen atoms in total. The molecule has 0 radical (unpaired) electrons. The Hall–Kier alpha value is -2.88. The number of aryl methyl sites for hydroxylation is 2. The predicted octanol–water partition coefficient (Wildman–Crippen LogP) is 5.48. The second-order valence-electron chi connectivity index (χ2n) is 10.0. The van der Waals surface area contributed by atoms with E-state index in [1.165, 1.54) is 31.2 Å². The molecular formula is C29H38N4O2. The summed E-state index contributed by atoms with van der Waals surface area (Å²) in [6, 6.07) is 14.4. The van der Waals surface area contributed by atoms with Gasteiger partial charge in [0, 0.05) is 17.5 Å². The van der Waals surface area contributed by atoms with Gasteiger partial charge < -0.3 is 14.6 Å². The molecule has 1 N–H and O–H groups in total. The Morgan fingerprint density at radius 2 is 1.77 bits per heavy atom. The van der Waals surface area contributed by atoms with Gasteiger partial charge in [-0.15, -0.1) is 0 Å². The molecule has 1 aromatic heterocycles. The molecule has 186 valence electrons. The fraction of sp³-hybridized carbons (Fsp3) is 0.517. The summed E-state index contributed by atoms with van der Waals surface area (Å²) in [4.78, 5) is 2.52. The highest BCUT2D eigenvalue weighted by molar-refractivity contribution is 5.84. The van der Waals surface area contributed by atoms with E-state index in [-0.39, 0.29) is 0 Å². The van der Waals surface area contributed by atoms with Crippen molar-refractivity contribution >= 4 is 11.0 Å². The van der Waals surface area contributed by atoms with Crippen molar-refractivity contribution in [1.82, 2.24) is 15.4 Å². The highest BCUT2D eigenvalue weighted by Gasteiger charge is 2.23. The van der Waals surface area contributed by atoms with E-state index in [0.29, 0.717) is 0 Å². The fourth-order valence-electron chi connectivity index (χ4n) is 4.71. The van der Waals surface area contributed by atoms with E-state index in [9.17, 15) is 0 Å². The molecule has 35 heavy (non-hydrogen) atoms. The van der Waals surface area contributed by atoms with Gasteiger partial charge in [-0.1, -0.05) is 17.3 Å². The number of aromatic nitrogens is 1. The number of piperidine rings is 1. The molecule has 0 unspecified atom stereocenters. The van der Waals surface area contributed by atoms with Gasteiger partial charge in [0.25, 0.3) is 0 Å². The number of nitrogens with zero attached hydrogens (tertiary/aromatic N) is 3. The number of hydrogen-bond acceptors (Lipinski definition) is 6. The summed E-state index contributed by atoms with van der Waals surface area (Å²) >= 11 is 0. The molecular weight excluding hydrogens is 436 g/mol. The van der Waals surface area contributed by atoms with Crippen molar-refractivity contribution < 1.29 is 9.26 Å². The molecule has 1 aliphatic carbocycles. The molecule has 1 saturated heterocycles. The topological polar surface area (TPSA) is 74.3 Å². The Kier molecular flexibility index (Phi) is 8.79. The number of benzene rings is 2. The molecule has 2 fully saturated rings. The third-order valence-corrected chi connectivity index (χ3v) is 7.07. The fourth-order valence-corrected chi connectivity index (χ4v) is 4.71. The van der Waals surface area contributed by atoms with Crippen LogP contribution in [0.2, 0.25) is 0 Å². The van der Waals surface area contributed by atoms with Crippen LogP contribution in [0.5, 0.6) is 5.75 Å². The minimum Gasteiger partial charge on any atom is -0.493 e. The lowest BCUT2D eigenvalue weighted by atomic mass is 9.91. The van der Waals surface area contributed by atoms with Crippen LogP contribution in [0.3, 0.4) is 0 Å². The maximum atomic E-state index is 8.95. The first kappa shape index (κ1) is 25.2. The van der Waals surface area contributed by atoms with Gasteiger partial charge in [-0.2, -0.15) is 5.26 Å². The van der Waals surface area contributed by atoms with Crippen LogP contribution in [0.15, 0.2) is 40.9 Å². The molecule has 2 aliphatic rings.